The van der Waals surface area contributed by atoms with Crippen molar-refractivity contribution in [3.8, 4) is 11.1 Å². The van der Waals surface area contributed by atoms with Gasteiger partial charge in [-0.1, -0.05) is 42.5 Å². The minimum Gasteiger partial charge on any atom is -0.370 e. The van der Waals surface area contributed by atoms with Gasteiger partial charge in [0.2, 0.25) is 5.91 Å². The van der Waals surface area contributed by atoms with E-state index in [0.717, 1.165) is 16.7 Å². The van der Waals surface area contributed by atoms with E-state index >= 15 is 0 Å². The smallest absolute Gasteiger partial charge is 0.219 e. The maximum absolute atomic E-state index is 11.4. The molecule has 0 heterocycles. The number of nitrogens with two attached hydrogens (primary N) is 2. The van der Waals surface area contributed by atoms with Gasteiger partial charge in [0.15, 0.2) is 5.78 Å². The van der Waals surface area contributed by atoms with E-state index in [-0.39, 0.29) is 18.2 Å². The summed E-state index contributed by atoms with van der Waals surface area (Å²) < 4.78 is 0. The summed E-state index contributed by atoms with van der Waals surface area (Å²) in [7, 11) is 0. The summed E-state index contributed by atoms with van der Waals surface area (Å²) in [4.78, 5) is 22.3. The van der Waals surface area contributed by atoms with Crippen LogP contribution >= 0.6 is 0 Å². The molecule has 1 unspecified atom stereocenters. The van der Waals surface area contributed by atoms with Gasteiger partial charge in [-0.25, -0.2) is 0 Å². The molecule has 0 radical (unpaired) electrons. The van der Waals surface area contributed by atoms with Crippen molar-refractivity contribution < 1.29 is 9.59 Å². The first kappa shape index (κ1) is 14.9. The van der Waals surface area contributed by atoms with Crippen LogP contribution in [-0.2, 0) is 4.79 Å². The standard InChI is InChI=1S/C17H18N2O2/c1-11(20)14-3-2-4-15(9-14)12-5-7-13(8-6-12)16(18)10-17(19)21/h2-9,16H,10,18H2,1H3,(H2,19,21). The van der Waals surface area contributed by atoms with Gasteiger partial charge in [0, 0.05) is 18.0 Å². The first-order chi connectivity index (χ1) is 9.97. The summed E-state index contributed by atoms with van der Waals surface area (Å²) in [6, 6.07) is 14.7. The summed E-state index contributed by atoms with van der Waals surface area (Å²) in [5.41, 5.74) is 14.6. The molecule has 0 saturated carbocycles. The second-order valence-electron chi connectivity index (χ2n) is 5.04. The van der Waals surface area contributed by atoms with Crippen molar-refractivity contribution in [1.29, 1.82) is 0 Å². The average Bonchev–Trinajstić information content (AvgIpc) is 2.47. The van der Waals surface area contributed by atoms with Crippen LogP contribution in [0.2, 0.25) is 0 Å². The molecule has 2 aromatic carbocycles. The fraction of sp³-hybridized carbons (Fsp3) is 0.176. The molecule has 2 aromatic rings. The number of primary amides is 1. The van der Waals surface area contributed by atoms with Gasteiger partial charge in [0.25, 0.3) is 0 Å². The fourth-order valence-corrected chi connectivity index (χ4v) is 2.18. The molecule has 108 valence electrons. The second kappa shape index (κ2) is 6.33. The number of benzene rings is 2. The number of hydrogen-bond donors (Lipinski definition) is 2. The van der Waals surface area contributed by atoms with Crippen LogP contribution in [0.5, 0.6) is 0 Å². The lowest BCUT2D eigenvalue weighted by Gasteiger charge is -2.11. The van der Waals surface area contributed by atoms with Crippen LogP contribution in [0.1, 0.15) is 35.3 Å². The van der Waals surface area contributed by atoms with Gasteiger partial charge in [-0.3, -0.25) is 9.59 Å². The lowest BCUT2D eigenvalue weighted by Crippen LogP contribution is -2.20. The minimum atomic E-state index is -0.416. The Labute approximate surface area is 123 Å². The van der Waals surface area contributed by atoms with Crippen LogP contribution in [0.15, 0.2) is 48.5 Å². The van der Waals surface area contributed by atoms with Crippen molar-refractivity contribution in [1.82, 2.24) is 0 Å². The number of rotatable bonds is 5. The molecule has 4 N–H and O–H groups in total. The van der Waals surface area contributed by atoms with E-state index in [1.165, 1.54) is 0 Å². The summed E-state index contributed by atoms with van der Waals surface area (Å²) >= 11 is 0. The van der Waals surface area contributed by atoms with Crippen LogP contribution in [0.3, 0.4) is 0 Å². The Morgan fingerprint density at radius 2 is 1.71 bits per heavy atom. The van der Waals surface area contributed by atoms with Crippen molar-refractivity contribution >= 4 is 11.7 Å². The third kappa shape index (κ3) is 3.77. The number of ketones is 1. The molecule has 21 heavy (non-hydrogen) atoms. The maximum Gasteiger partial charge on any atom is 0.219 e. The first-order valence-corrected chi connectivity index (χ1v) is 6.72. The van der Waals surface area contributed by atoms with E-state index in [2.05, 4.69) is 0 Å². The molecular weight excluding hydrogens is 264 g/mol. The topological polar surface area (TPSA) is 86.2 Å². The first-order valence-electron chi connectivity index (χ1n) is 6.72. The van der Waals surface area contributed by atoms with E-state index in [4.69, 9.17) is 11.5 Å². The summed E-state index contributed by atoms with van der Waals surface area (Å²) in [6.45, 7) is 1.55. The van der Waals surface area contributed by atoms with Crippen LogP contribution in [0.25, 0.3) is 11.1 Å². The van der Waals surface area contributed by atoms with Gasteiger partial charge in [-0.15, -0.1) is 0 Å². The van der Waals surface area contributed by atoms with E-state index in [1.54, 1.807) is 13.0 Å². The fourth-order valence-electron chi connectivity index (χ4n) is 2.18. The monoisotopic (exact) mass is 282 g/mol. The Morgan fingerprint density at radius 1 is 1.05 bits per heavy atom. The normalized spacial score (nSPS) is 11.9. The van der Waals surface area contributed by atoms with E-state index < -0.39 is 5.91 Å². The van der Waals surface area contributed by atoms with Crippen molar-refractivity contribution in [2.75, 3.05) is 0 Å². The zero-order valence-corrected chi connectivity index (χ0v) is 11.9. The molecule has 0 fully saturated rings. The third-order valence-corrected chi connectivity index (χ3v) is 3.36. The maximum atomic E-state index is 11.4. The van der Waals surface area contributed by atoms with Crippen molar-refractivity contribution in [3.05, 3.63) is 59.7 Å². The summed E-state index contributed by atoms with van der Waals surface area (Å²) in [5.74, 6) is -0.377. The van der Waals surface area contributed by atoms with Gasteiger partial charge in [-0.05, 0) is 29.7 Å². The van der Waals surface area contributed by atoms with Crippen LogP contribution in [-0.4, -0.2) is 11.7 Å². The Balaban J connectivity index is 2.24. The predicted molar refractivity (Wildman–Crippen MR) is 82.6 cm³/mol. The third-order valence-electron chi connectivity index (χ3n) is 3.36. The van der Waals surface area contributed by atoms with Crippen LogP contribution < -0.4 is 11.5 Å². The Hall–Kier alpha value is -2.46. The van der Waals surface area contributed by atoms with E-state index in [0.29, 0.717) is 5.56 Å². The number of carbonyl (C=O) groups is 2. The number of hydrogen-bond acceptors (Lipinski definition) is 3. The molecule has 1 atom stereocenters. The Kier molecular flexibility index (Phi) is 4.50. The molecular formula is C17H18N2O2. The molecule has 1 amide bonds. The quantitative estimate of drug-likeness (QED) is 0.826. The lowest BCUT2D eigenvalue weighted by atomic mass is 9.98. The molecule has 0 spiro atoms. The largest absolute Gasteiger partial charge is 0.370 e. The highest BCUT2D eigenvalue weighted by Gasteiger charge is 2.09. The van der Waals surface area contributed by atoms with Gasteiger partial charge < -0.3 is 11.5 Å². The molecule has 4 heteroatoms. The minimum absolute atomic E-state index is 0.0388. The van der Waals surface area contributed by atoms with Gasteiger partial charge in [0.1, 0.15) is 0 Å². The summed E-state index contributed by atoms with van der Waals surface area (Å²) in [5, 5.41) is 0. The molecule has 4 nitrogen and oxygen atoms in total. The number of amides is 1. The molecule has 0 aliphatic rings. The van der Waals surface area contributed by atoms with E-state index in [9.17, 15) is 9.59 Å². The van der Waals surface area contributed by atoms with Crippen molar-refractivity contribution in [3.63, 3.8) is 0 Å². The Bertz CT molecular complexity index is 663. The highest BCUT2D eigenvalue weighted by molar-refractivity contribution is 5.95. The zero-order chi connectivity index (χ0) is 15.4. The van der Waals surface area contributed by atoms with E-state index in [1.807, 2.05) is 42.5 Å². The molecule has 0 bridgehead atoms. The highest BCUT2D eigenvalue weighted by Crippen LogP contribution is 2.23. The van der Waals surface area contributed by atoms with Gasteiger partial charge in [0.05, 0.1) is 0 Å². The van der Waals surface area contributed by atoms with Gasteiger partial charge in [-0.2, -0.15) is 0 Å². The zero-order valence-electron chi connectivity index (χ0n) is 11.9. The van der Waals surface area contributed by atoms with Crippen molar-refractivity contribution in [2.45, 2.75) is 19.4 Å². The summed E-state index contributed by atoms with van der Waals surface area (Å²) in [6.07, 6.45) is 0.124. The lowest BCUT2D eigenvalue weighted by molar-refractivity contribution is -0.118. The van der Waals surface area contributed by atoms with Gasteiger partial charge >= 0.3 is 0 Å². The second-order valence-corrected chi connectivity index (χ2v) is 5.04. The van der Waals surface area contributed by atoms with Crippen LogP contribution in [0.4, 0.5) is 0 Å². The Morgan fingerprint density at radius 3 is 2.29 bits per heavy atom. The highest BCUT2D eigenvalue weighted by atomic mass is 16.1. The molecule has 0 aromatic heterocycles. The predicted octanol–water partition coefficient (Wildman–Crippen LogP) is 2.43. The number of carbonyl (C=O) groups excluding carboxylic acids is 2. The SMILES string of the molecule is CC(=O)c1cccc(-c2ccc(C(N)CC(N)=O)cc2)c1. The molecule has 0 saturated heterocycles. The molecule has 2 rings (SSSR count). The molecule has 0 aliphatic heterocycles. The average molecular weight is 282 g/mol. The van der Waals surface area contributed by atoms with Crippen molar-refractivity contribution in [2.24, 2.45) is 11.5 Å². The molecule has 0 aliphatic carbocycles. The number of Topliss-reactive ketones (excluding diaryl/α,β-unsaturated/α-hetero) is 1. The van der Waals surface area contributed by atoms with Crippen LogP contribution in [0, 0.1) is 0 Å².